The maximum atomic E-state index is 12.7. The fourth-order valence-corrected chi connectivity index (χ4v) is 1.63. The fraction of sp³-hybridized carbons (Fsp3) is 0.500. The van der Waals surface area contributed by atoms with Gasteiger partial charge < -0.3 is 5.32 Å². The molecular weight excluding hydrogens is 253 g/mol. The Morgan fingerprint density at radius 3 is 2.42 bits per heavy atom. The second-order valence-corrected chi connectivity index (χ2v) is 5.08. The van der Waals surface area contributed by atoms with Gasteiger partial charge in [-0.1, -0.05) is 18.2 Å². The first-order chi connectivity index (χ1) is 8.76. The normalized spacial score (nSPS) is 12.2. The van der Waals surface area contributed by atoms with Gasteiger partial charge >= 0.3 is 6.18 Å². The number of hydrogen-bond donors (Lipinski definition) is 1. The molecule has 0 aliphatic rings. The van der Waals surface area contributed by atoms with Gasteiger partial charge in [0.05, 0.1) is 17.0 Å². The maximum Gasteiger partial charge on any atom is 0.416 e. The predicted molar refractivity (Wildman–Crippen MR) is 67.2 cm³/mol. The first-order valence-electron chi connectivity index (χ1n) is 6.03. The Morgan fingerprint density at radius 2 is 1.84 bits per heavy atom. The molecule has 2 nitrogen and oxygen atoms in total. The van der Waals surface area contributed by atoms with Crippen LogP contribution in [0.1, 0.15) is 31.4 Å². The molecule has 1 N–H and O–H groups in total. The summed E-state index contributed by atoms with van der Waals surface area (Å²) in [6.07, 6.45) is -3.73. The maximum absolute atomic E-state index is 12.7. The lowest BCUT2D eigenvalue weighted by molar-refractivity contribution is -0.138. The molecule has 0 fully saturated rings. The second-order valence-electron chi connectivity index (χ2n) is 5.08. The summed E-state index contributed by atoms with van der Waals surface area (Å²) in [5.74, 6) is 0. The minimum absolute atomic E-state index is 0.150. The van der Waals surface area contributed by atoms with Crippen LogP contribution in [0.25, 0.3) is 0 Å². The van der Waals surface area contributed by atoms with E-state index in [0.717, 1.165) is 6.07 Å². The highest BCUT2D eigenvalue weighted by molar-refractivity contribution is 5.29. The van der Waals surface area contributed by atoms with Gasteiger partial charge in [-0.15, -0.1) is 0 Å². The number of nitriles is 1. The van der Waals surface area contributed by atoms with E-state index in [-0.39, 0.29) is 12.1 Å². The van der Waals surface area contributed by atoms with Gasteiger partial charge in [-0.2, -0.15) is 18.4 Å². The molecule has 0 bridgehead atoms. The third-order valence-corrected chi connectivity index (χ3v) is 2.87. The molecule has 19 heavy (non-hydrogen) atoms. The Bertz CT molecular complexity index is 458. The quantitative estimate of drug-likeness (QED) is 0.827. The van der Waals surface area contributed by atoms with Crippen molar-refractivity contribution in [3.63, 3.8) is 0 Å². The smallest absolute Gasteiger partial charge is 0.313 e. The molecule has 0 amide bonds. The number of nitrogens with one attached hydrogen (secondary N) is 1. The monoisotopic (exact) mass is 270 g/mol. The van der Waals surface area contributed by atoms with E-state index >= 15 is 0 Å². The van der Waals surface area contributed by atoms with Gasteiger partial charge in [0.2, 0.25) is 0 Å². The van der Waals surface area contributed by atoms with Gasteiger partial charge in [-0.05, 0) is 38.4 Å². The average Bonchev–Trinajstić information content (AvgIpc) is 2.34. The van der Waals surface area contributed by atoms with Crippen LogP contribution in [0, 0.1) is 16.7 Å². The average molecular weight is 270 g/mol. The summed E-state index contributed by atoms with van der Waals surface area (Å²) in [5, 5.41) is 11.8. The minimum atomic E-state index is -4.33. The van der Waals surface area contributed by atoms with E-state index in [1.807, 2.05) is 0 Å². The Kier molecular flexibility index (Phi) is 4.96. The topological polar surface area (TPSA) is 35.8 Å². The Labute approximate surface area is 111 Å². The largest absolute Gasteiger partial charge is 0.416 e. The third kappa shape index (κ3) is 4.92. The van der Waals surface area contributed by atoms with E-state index in [0.29, 0.717) is 13.0 Å². The number of halogens is 3. The Hall–Kier alpha value is -1.54. The van der Waals surface area contributed by atoms with Gasteiger partial charge in [0.1, 0.15) is 0 Å². The SMILES string of the molecule is CC(C)(C#N)CCNCc1ccccc1C(F)(F)F. The molecule has 5 heteroatoms. The van der Waals surface area contributed by atoms with Crippen LogP contribution in [0.2, 0.25) is 0 Å². The summed E-state index contributed by atoms with van der Waals surface area (Å²) in [6, 6.07) is 7.67. The molecule has 0 unspecified atom stereocenters. The van der Waals surface area contributed by atoms with Crippen LogP contribution >= 0.6 is 0 Å². The van der Waals surface area contributed by atoms with Crippen LogP contribution < -0.4 is 5.32 Å². The summed E-state index contributed by atoms with van der Waals surface area (Å²) < 4.78 is 38.2. The fourth-order valence-electron chi connectivity index (χ4n) is 1.63. The van der Waals surface area contributed by atoms with Crippen LogP contribution in [-0.2, 0) is 12.7 Å². The molecule has 1 aromatic rings. The van der Waals surface area contributed by atoms with Gasteiger partial charge in [0.25, 0.3) is 0 Å². The molecule has 0 saturated carbocycles. The molecule has 0 aromatic heterocycles. The zero-order valence-corrected chi connectivity index (χ0v) is 11.0. The zero-order chi connectivity index (χ0) is 14.5. The van der Waals surface area contributed by atoms with Crippen molar-refractivity contribution in [2.45, 2.75) is 33.0 Å². The summed E-state index contributed by atoms with van der Waals surface area (Å²) in [7, 11) is 0. The zero-order valence-electron chi connectivity index (χ0n) is 11.0. The van der Waals surface area contributed by atoms with Crippen molar-refractivity contribution in [1.29, 1.82) is 5.26 Å². The predicted octanol–water partition coefficient (Wildman–Crippen LogP) is 3.73. The van der Waals surface area contributed by atoms with Crippen molar-refractivity contribution in [1.82, 2.24) is 5.32 Å². The van der Waals surface area contributed by atoms with E-state index in [1.54, 1.807) is 19.9 Å². The van der Waals surface area contributed by atoms with Gasteiger partial charge in [-0.3, -0.25) is 0 Å². The molecule has 1 aromatic carbocycles. The van der Waals surface area contributed by atoms with Crippen molar-refractivity contribution >= 4 is 0 Å². The molecule has 0 aliphatic carbocycles. The minimum Gasteiger partial charge on any atom is -0.313 e. The van der Waals surface area contributed by atoms with Gasteiger partial charge in [0, 0.05) is 6.54 Å². The summed E-state index contributed by atoms with van der Waals surface area (Å²) >= 11 is 0. The lowest BCUT2D eigenvalue weighted by Gasteiger charge is -2.16. The lowest BCUT2D eigenvalue weighted by Crippen LogP contribution is -2.22. The number of benzene rings is 1. The van der Waals surface area contributed by atoms with Crippen LogP contribution in [0.3, 0.4) is 0 Å². The van der Waals surface area contributed by atoms with E-state index in [9.17, 15) is 13.2 Å². The number of rotatable bonds is 5. The molecule has 104 valence electrons. The molecule has 0 heterocycles. The summed E-state index contributed by atoms with van der Waals surface area (Å²) in [6.45, 7) is 4.26. The highest BCUT2D eigenvalue weighted by Gasteiger charge is 2.32. The third-order valence-electron chi connectivity index (χ3n) is 2.87. The van der Waals surface area contributed by atoms with Crippen molar-refractivity contribution < 1.29 is 13.2 Å². The van der Waals surface area contributed by atoms with E-state index in [4.69, 9.17) is 5.26 Å². The standard InChI is InChI=1S/C14H17F3N2/c1-13(2,10-18)7-8-19-9-11-5-3-4-6-12(11)14(15,16)17/h3-6,19H,7-9H2,1-2H3. The summed E-state index contributed by atoms with van der Waals surface area (Å²) in [4.78, 5) is 0. The molecule has 1 rings (SSSR count). The number of hydrogen-bond acceptors (Lipinski definition) is 2. The first kappa shape index (κ1) is 15.5. The van der Waals surface area contributed by atoms with Crippen molar-refractivity contribution in [2.24, 2.45) is 5.41 Å². The molecule has 0 atom stereocenters. The Morgan fingerprint density at radius 1 is 1.21 bits per heavy atom. The van der Waals surface area contributed by atoms with Crippen molar-refractivity contribution in [3.05, 3.63) is 35.4 Å². The van der Waals surface area contributed by atoms with Crippen LogP contribution in [0.4, 0.5) is 13.2 Å². The highest BCUT2D eigenvalue weighted by Crippen LogP contribution is 2.31. The first-order valence-corrected chi connectivity index (χ1v) is 6.03. The number of nitrogens with zero attached hydrogens (tertiary/aromatic N) is 1. The van der Waals surface area contributed by atoms with Crippen molar-refractivity contribution in [3.8, 4) is 6.07 Å². The lowest BCUT2D eigenvalue weighted by atomic mass is 9.91. The Balaban J connectivity index is 2.58. The molecule has 0 aliphatic heterocycles. The number of alkyl halides is 3. The van der Waals surface area contributed by atoms with E-state index < -0.39 is 17.2 Å². The van der Waals surface area contributed by atoms with Crippen LogP contribution in [0.15, 0.2) is 24.3 Å². The second kappa shape index (κ2) is 6.07. The molecular formula is C14H17F3N2. The van der Waals surface area contributed by atoms with E-state index in [1.165, 1.54) is 12.1 Å². The van der Waals surface area contributed by atoms with E-state index in [2.05, 4.69) is 11.4 Å². The molecule has 0 radical (unpaired) electrons. The van der Waals surface area contributed by atoms with Crippen LogP contribution in [-0.4, -0.2) is 6.54 Å². The van der Waals surface area contributed by atoms with Crippen LogP contribution in [0.5, 0.6) is 0 Å². The highest BCUT2D eigenvalue weighted by atomic mass is 19.4. The van der Waals surface area contributed by atoms with Crippen molar-refractivity contribution in [2.75, 3.05) is 6.54 Å². The summed E-state index contributed by atoms with van der Waals surface area (Å²) in [5.41, 5.74) is -0.844. The van der Waals surface area contributed by atoms with Gasteiger partial charge in [-0.25, -0.2) is 0 Å². The molecule has 0 saturated heterocycles. The van der Waals surface area contributed by atoms with Gasteiger partial charge in [0.15, 0.2) is 0 Å². The molecule has 0 spiro atoms.